The average Bonchev–Trinajstić information content (AvgIpc) is 2.76. The highest BCUT2D eigenvalue weighted by Crippen LogP contribution is 2.22. The number of hydrogen-bond acceptors (Lipinski definition) is 4. The number of carbonyl (C=O) groups excluding carboxylic acids is 1. The fraction of sp³-hybridized carbons (Fsp3) is 0.529. The molecule has 0 unspecified atom stereocenters. The summed E-state index contributed by atoms with van der Waals surface area (Å²) in [5.41, 5.74) is 2.15. The van der Waals surface area contributed by atoms with Crippen molar-refractivity contribution in [3.05, 3.63) is 30.1 Å². The van der Waals surface area contributed by atoms with Crippen LogP contribution in [0.25, 0.3) is 11.0 Å². The van der Waals surface area contributed by atoms with E-state index in [0.29, 0.717) is 12.4 Å². The van der Waals surface area contributed by atoms with Crippen molar-refractivity contribution in [1.82, 2.24) is 9.55 Å². The maximum Gasteiger partial charge on any atom is 0.315 e. The van der Waals surface area contributed by atoms with Gasteiger partial charge in [0.05, 0.1) is 23.4 Å². The second-order valence-corrected chi connectivity index (χ2v) is 8.08. The van der Waals surface area contributed by atoms with Crippen LogP contribution in [-0.4, -0.2) is 32.6 Å². The van der Waals surface area contributed by atoms with Gasteiger partial charge in [-0.05, 0) is 25.5 Å². The molecule has 0 aliphatic heterocycles. The number of ether oxygens (including phenoxy) is 1. The van der Waals surface area contributed by atoms with Crippen molar-refractivity contribution in [3.8, 4) is 0 Å². The number of hydrogen-bond donors (Lipinski definition) is 0. The number of esters is 1. The minimum Gasteiger partial charge on any atom is -0.465 e. The van der Waals surface area contributed by atoms with Crippen molar-refractivity contribution in [1.29, 1.82) is 0 Å². The van der Waals surface area contributed by atoms with Gasteiger partial charge >= 0.3 is 5.97 Å². The molecule has 0 aliphatic carbocycles. The molecule has 22 heavy (non-hydrogen) atoms. The zero-order chi connectivity index (χ0) is 16.2. The molecular weight excluding hydrogens is 296 g/mol. The Morgan fingerprint density at radius 2 is 2.05 bits per heavy atom. The third-order valence-electron chi connectivity index (χ3n) is 3.26. The van der Waals surface area contributed by atoms with E-state index in [-0.39, 0.29) is 10.7 Å². The summed E-state index contributed by atoms with van der Waals surface area (Å²) >= 11 is 1.61. The molecule has 0 spiro atoms. The van der Waals surface area contributed by atoms with Crippen LogP contribution in [0.4, 0.5) is 0 Å². The molecule has 0 amide bonds. The maximum absolute atomic E-state index is 11.7. The molecular formula is C17H24N2O2S. The Morgan fingerprint density at radius 1 is 1.32 bits per heavy atom. The highest BCUT2D eigenvalue weighted by Gasteiger charge is 2.14. The minimum absolute atomic E-state index is 0.0891. The quantitative estimate of drug-likeness (QED) is 0.600. The zero-order valence-corrected chi connectivity index (χ0v) is 14.6. The topological polar surface area (TPSA) is 44.1 Å². The van der Waals surface area contributed by atoms with Gasteiger partial charge in [0.1, 0.15) is 5.82 Å². The van der Waals surface area contributed by atoms with E-state index in [2.05, 4.69) is 36.4 Å². The van der Waals surface area contributed by atoms with Crippen LogP contribution in [0.2, 0.25) is 0 Å². The zero-order valence-electron chi connectivity index (χ0n) is 13.8. The van der Waals surface area contributed by atoms with Crippen molar-refractivity contribution in [2.45, 2.75) is 45.4 Å². The molecule has 1 aromatic heterocycles. The molecule has 0 radical (unpaired) electrons. The lowest BCUT2D eigenvalue weighted by Gasteiger charge is -2.16. The van der Waals surface area contributed by atoms with Crippen LogP contribution in [0.1, 0.15) is 33.0 Å². The third-order valence-corrected chi connectivity index (χ3v) is 4.50. The van der Waals surface area contributed by atoms with Gasteiger partial charge in [0.25, 0.3) is 0 Å². The first kappa shape index (κ1) is 16.9. The minimum atomic E-state index is -0.132. The van der Waals surface area contributed by atoms with E-state index >= 15 is 0 Å². The number of thioether (sulfide) groups is 1. The summed E-state index contributed by atoms with van der Waals surface area (Å²) in [6.45, 7) is 9.56. The summed E-state index contributed by atoms with van der Waals surface area (Å²) in [4.78, 5) is 16.2. The van der Waals surface area contributed by atoms with Crippen LogP contribution in [0.15, 0.2) is 24.3 Å². The molecule has 1 heterocycles. The number of aryl methyl sites for hydroxylation is 2. The van der Waals surface area contributed by atoms with Crippen molar-refractivity contribution in [3.63, 3.8) is 0 Å². The lowest BCUT2D eigenvalue weighted by atomic mass is 10.3. The number of benzene rings is 1. The predicted octanol–water partition coefficient (Wildman–Crippen LogP) is 3.81. The van der Waals surface area contributed by atoms with Crippen LogP contribution in [0.3, 0.4) is 0 Å². The first-order valence-electron chi connectivity index (χ1n) is 7.58. The van der Waals surface area contributed by atoms with E-state index < -0.39 is 0 Å². The Hall–Kier alpha value is -1.49. The van der Waals surface area contributed by atoms with Gasteiger partial charge in [-0.3, -0.25) is 4.79 Å². The lowest BCUT2D eigenvalue weighted by molar-refractivity contribution is -0.140. The number of fused-ring (bicyclic) bond motifs is 1. The third kappa shape index (κ3) is 4.77. The van der Waals surface area contributed by atoms with Crippen LogP contribution >= 0.6 is 11.8 Å². The van der Waals surface area contributed by atoms with Gasteiger partial charge in [-0.1, -0.05) is 32.9 Å². The molecule has 0 aliphatic rings. The van der Waals surface area contributed by atoms with E-state index in [4.69, 9.17) is 4.74 Å². The lowest BCUT2D eigenvalue weighted by Crippen LogP contribution is -2.16. The van der Waals surface area contributed by atoms with Gasteiger partial charge in [-0.25, -0.2) is 4.98 Å². The molecule has 4 nitrogen and oxygen atoms in total. The van der Waals surface area contributed by atoms with Gasteiger partial charge in [0, 0.05) is 11.3 Å². The highest BCUT2D eigenvalue weighted by atomic mass is 32.2. The molecule has 0 saturated heterocycles. The maximum atomic E-state index is 11.7. The summed E-state index contributed by atoms with van der Waals surface area (Å²) in [5.74, 6) is 1.28. The van der Waals surface area contributed by atoms with Gasteiger partial charge in [0.15, 0.2) is 0 Å². The summed E-state index contributed by atoms with van der Waals surface area (Å²) in [5, 5.41) is 0. The number of nitrogens with zero attached hydrogens (tertiary/aromatic N) is 2. The molecule has 0 N–H and O–H groups in total. The standard InChI is InChI=1S/C17H24N2O2S/c1-13-18-14-8-5-6-9-15(14)19(13)10-7-11-21-16(20)12-22-17(2,3)4/h5-6,8-9H,7,10-12H2,1-4H3. The normalized spacial score (nSPS) is 11.8. The van der Waals surface area contributed by atoms with Crippen LogP contribution < -0.4 is 0 Å². The Morgan fingerprint density at radius 3 is 2.77 bits per heavy atom. The number of imidazole rings is 1. The van der Waals surface area contributed by atoms with Gasteiger partial charge in [0.2, 0.25) is 0 Å². The largest absolute Gasteiger partial charge is 0.465 e. The van der Waals surface area contributed by atoms with E-state index in [9.17, 15) is 4.79 Å². The highest BCUT2D eigenvalue weighted by molar-refractivity contribution is 8.01. The molecule has 5 heteroatoms. The molecule has 2 rings (SSSR count). The molecule has 0 bridgehead atoms. The number of para-hydroxylation sites is 2. The van der Waals surface area contributed by atoms with Crippen molar-refractivity contribution < 1.29 is 9.53 Å². The first-order chi connectivity index (χ1) is 10.4. The average molecular weight is 320 g/mol. The Labute approximate surface area is 136 Å². The Bertz CT molecular complexity index is 644. The van der Waals surface area contributed by atoms with E-state index in [0.717, 1.165) is 29.8 Å². The predicted molar refractivity (Wildman–Crippen MR) is 92.3 cm³/mol. The number of aromatic nitrogens is 2. The molecule has 0 saturated carbocycles. The Kier molecular flexibility index (Phi) is 5.51. The molecule has 0 fully saturated rings. The monoisotopic (exact) mass is 320 g/mol. The summed E-state index contributed by atoms with van der Waals surface area (Å²) in [6.07, 6.45) is 0.799. The van der Waals surface area contributed by atoms with E-state index in [1.165, 1.54) is 0 Å². The van der Waals surface area contributed by atoms with Gasteiger partial charge in [-0.2, -0.15) is 0 Å². The van der Waals surface area contributed by atoms with Crippen molar-refractivity contribution in [2.75, 3.05) is 12.4 Å². The fourth-order valence-electron chi connectivity index (χ4n) is 2.20. The molecule has 2 aromatic rings. The number of rotatable bonds is 6. The van der Waals surface area contributed by atoms with Crippen molar-refractivity contribution >= 4 is 28.8 Å². The van der Waals surface area contributed by atoms with E-state index in [1.54, 1.807) is 11.8 Å². The molecule has 0 atom stereocenters. The SMILES string of the molecule is Cc1nc2ccccc2n1CCCOC(=O)CSC(C)(C)C. The summed E-state index contributed by atoms with van der Waals surface area (Å²) in [7, 11) is 0. The van der Waals surface area contributed by atoms with Gasteiger partial charge < -0.3 is 9.30 Å². The molecule has 120 valence electrons. The van der Waals surface area contributed by atoms with Gasteiger partial charge in [-0.15, -0.1) is 11.8 Å². The van der Waals surface area contributed by atoms with Crippen LogP contribution in [0.5, 0.6) is 0 Å². The fourth-order valence-corrected chi connectivity index (χ4v) is 2.84. The van der Waals surface area contributed by atoms with Crippen molar-refractivity contribution in [2.24, 2.45) is 0 Å². The first-order valence-corrected chi connectivity index (χ1v) is 8.57. The number of carbonyl (C=O) groups is 1. The molecule has 1 aromatic carbocycles. The van der Waals surface area contributed by atoms with E-state index in [1.807, 2.05) is 25.1 Å². The summed E-state index contributed by atoms with van der Waals surface area (Å²) < 4.78 is 7.56. The van der Waals surface area contributed by atoms with Crippen LogP contribution in [-0.2, 0) is 16.1 Å². The van der Waals surface area contributed by atoms with Crippen LogP contribution in [0, 0.1) is 6.92 Å². The Balaban J connectivity index is 1.79. The second-order valence-electron chi connectivity index (χ2n) is 6.27. The second kappa shape index (κ2) is 7.18. The smallest absolute Gasteiger partial charge is 0.315 e. The summed E-state index contributed by atoms with van der Waals surface area (Å²) in [6, 6.07) is 8.10.